The number of carbonyl (C=O) groups excluding carboxylic acids is 2. The van der Waals surface area contributed by atoms with Crippen molar-refractivity contribution in [2.75, 3.05) is 11.4 Å². The summed E-state index contributed by atoms with van der Waals surface area (Å²) in [5.74, 6) is 0.214. The van der Waals surface area contributed by atoms with Gasteiger partial charge in [-0.2, -0.15) is 0 Å². The molecule has 144 valence electrons. The lowest BCUT2D eigenvalue weighted by atomic mass is 10.1. The van der Waals surface area contributed by atoms with E-state index in [1.807, 2.05) is 43.3 Å². The predicted octanol–water partition coefficient (Wildman–Crippen LogP) is 4.14. The highest BCUT2D eigenvalue weighted by molar-refractivity contribution is 9.10. The molecule has 0 aliphatic carbocycles. The Labute approximate surface area is 174 Å². The van der Waals surface area contributed by atoms with Gasteiger partial charge in [0.1, 0.15) is 0 Å². The molecule has 0 spiro atoms. The number of nitrogens with zero attached hydrogens (tertiary/aromatic N) is 2. The van der Waals surface area contributed by atoms with E-state index in [0.717, 1.165) is 31.5 Å². The highest BCUT2D eigenvalue weighted by Gasteiger charge is 2.35. The van der Waals surface area contributed by atoms with Crippen molar-refractivity contribution in [1.29, 1.82) is 0 Å². The van der Waals surface area contributed by atoms with Crippen molar-refractivity contribution >= 4 is 44.8 Å². The second-order valence-corrected chi connectivity index (χ2v) is 8.61. The molecule has 1 fully saturated rings. The molecule has 1 atom stereocenters. The minimum Gasteiger partial charge on any atom is -0.462 e. The Balaban J connectivity index is 1.39. The summed E-state index contributed by atoms with van der Waals surface area (Å²) in [6.07, 6.45) is 1.83. The number of furan rings is 1. The predicted molar refractivity (Wildman–Crippen MR) is 111 cm³/mol. The SMILES string of the molecule is Cc1nc(-c2ccco2)sc1CNC(=O)C1CC(=O)N(c2cccc(Br)c2)C1. The van der Waals surface area contributed by atoms with Crippen LogP contribution in [0.1, 0.15) is 17.0 Å². The smallest absolute Gasteiger partial charge is 0.227 e. The standard InChI is InChI=1S/C20H18BrN3O3S/c1-12-17(28-20(23-12)16-6-3-7-27-16)10-22-19(26)13-8-18(25)24(11-13)15-5-2-4-14(21)9-15/h2-7,9,13H,8,10-11H2,1H3,(H,22,26). The van der Waals surface area contributed by atoms with Crippen molar-refractivity contribution < 1.29 is 14.0 Å². The van der Waals surface area contributed by atoms with Crippen molar-refractivity contribution in [3.63, 3.8) is 0 Å². The zero-order valence-corrected chi connectivity index (χ0v) is 17.5. The summed E-state index contributed by atoms with van der Waals surface area (Å²) in [6.45, 7) is 2.70. The van der Waals surface area contributed by atoms with Crippen LogP contribution in [0, 0.1) is 12.8 Å². The lowest BCUT2D eigenvalue weighted by Gasteiger charge is -2.17. The maximum absolute atomic E-state index is 12.6. The summed E-state index contributed by atoms with van der Waals surface area (Å²) in [6, 6.07) is 11.2. The Hall–Kier alpha value is -2.45. The van der Waals surface area contributed by atoms with E-state index in [1.54, 1.807) is 11.2 Å². The van der Waals surface area contributed by atoms with E-state index in [1.165, 1.54) is 11.3 Å². The molecule has 1 N–H and O–H groups in total. The number of hydrogen-bond donors (Lipinski definition) is 1. The quantitative estimate of drug-likeness (QED) is 0.621. The van der Waals surface area contributed by atoms with Gasteiger partial charge in [-0.15, -0.1) is 11.3 Å². The first-order valence-corrected chi connectivity index (χ1v) is 10.5. The fraction of sp³-hybridized carbons (Fsp3) is 0.250. The Kier molecular flexibility index (Phi) is 5.32. The monoisotopic (exact) mass is 459 g/mol. The summed E-state index contributed by atoms with van der Waals surface area (Å²) >= 11 is 4.92. The number of aromatic nitrogens is 1. The average molecular weight is 460 g/mol. The number of benzene rings is 1. The number of thiazole rings is 1. The Morgan fingerprint density at radius 1 is 1.39 bits per heavy atom. The van der Waals surface area contributed by atoms with Gasteiger partial charge in [-0.1, -0.05) is 22.0 Å². The molecule has 3 aromatic rings. The summed E-state index contributed by atoms with van der Waals surface area (Å²) in [5, 5.41) is 3.75. The van der Waals surface area contributed by atoms with Crippen molar-refractivity contribution in [2.45, 2.75) is 19.9 Å². The molecule has 28 heavy (non-hydrogen) atoms. The zero-order chi connectivity index (χ0) is 19.7. The van der Waals surface area contributed by atoms with Gasteiger partial charge in [-0.25, -0.2) is 4.98 Å². The second-order valence-electron chi connectivity index (χ2n) is 6.61. The van der Waals surface area contributed by atoms with E-state index < -0.39 is 0 Å². The van der Waals surface area contributed by atoms with Gasteiger partial charge in [-0.3, -0.25) is 9.59 Å². The molecule has 1 aromatic carbocycles. The van der Waals surface area contributed by atoms with E-state index in [2.05, 4.69) is 26.2 Å². The molecule has 1 aliphatic rings. The number of rotatable bonds is 5. The largest absolute Gasteiger partial charge is 0.462 e. The number of anilines is 1. The maximum atomic E-state index is 12.6. The number of nitrogens with one attached hydrogen (secondary N) is 1. The molecule has 2 amide bonds. The third kappa shape index (κ3) is 3.88. The van der Waals surface area contributed by atoms with Crippen LogP contribution < -0.4 is 10.2 Å². The molecular formula is C20H18BrN3O3S. The first-order valence-electron chi connectivity index (χ1n) is 8.85. The van der Waals surface area contributed by atoms with Crippen molar-refractivity contribution in [3.8, 4) is 10.8 Å². The van der Waals surface area contributed by atoms with Crippen molar-refractivity contribution in [2.24, 2.45) is 5.92 Å². The average Bonchev–Trinajstić information content (AvgIpc) is 3.40. The molecule has 8 heteroatoms. The van der Waals surface area contributed by atoms with Gasteiger partial charge in [0.25, 0.3) is 0 Å². The number of halogens is 1. The van der Waals surface area contributed by atoms with Crippen LogP contribution in [0.3, 0.4) is 0 Å². The Morgan fingerprint density at radius 2 is 2.25 bits per heavy atom. The molecule has 0 saturated carbocycles. The molecule has 0 radical (unpaired) electrons. The van der Waals surface area contributed by atoms with Crippen LogP contribution in [0.5, 0.6) is 0 Å². The van der Waals surface area contributed by atoms with Crippen LogP contribution in [0.4, 0.5) is 5.69 Å². The van der Waals surface area contributed by atoms with Gasteiger partial charge in [0, 0.05) is 28.0 Å². The third-order valence-electron chi connectivity index (χ3n) is 4.66. The zero-order valence-electron chi connectivity index (χ0n) is 15.1. The first kappa shape index (κ1) is 18.9. The lowest BCUT2D eigenvalue weighted by molar-refractivity contribution is -0.126. The molecule has 1 aliphatic heterocycles. The minimum atomic E-state index is -0.357. The lowest BCUT2D eigenvalue weighted by Crippen LogP contribution is -2.32. The van der Waals surface area contributed by atoms with Crippen LogP contribution in [-0.2, 0) is 16.1 Å². The van der Waals surface area contributed by atoms with Crippen LogP contribution in [0.2, 0.25) is 0 Å². The van der Waals surface area contributed by atoms with Gasteiger partial charge >= 0.3 is 0 Å². The van der Waals surface area contributed by atoms with Crippen LogP contribution in [-0.4, -0.2) is 23.3 Å². The number of amides is 2. The molecule has 0 bridgehead atoms. The molecule has 6 nitrogen and oxygen atoms in total. The van der Waals surface area contributed by atoms with E-state index in [9.17, 15) is 9.59 Å². The van der Waals surface area contributed by atoms with E-state index in [4.69, 9.17) is 4.42 Å². The number of hydrogen-bond acceptors (Lipinski definition) is 5. The van der Waals surface area contributed by atoms with Crippen LogP contribution in [0.15, 0.2) is 51.6 Å². The van der Waals surface area contributed by atoms with Gasteiger partial charge in [0.05, 0.1) is 24.4 Å². The fourth-order valence-corrected chi connectivity index (χ4v) is 4.54. The van der Waals surface area contributed by atoms with E-state index >= 15 is 0 Å². The molecule has 1 unspecified atom stereocenters. The summed E-state index contributed by atoms with van der Waals surface area (Å²) < 4.78 is 6.28. The van der Waals surface area contributed by atoms with Crippen LogP contribution in [0.25, 0.3) is 10.8 Å². The Morgan fingerprint density at radius 3 is 3.00 bits per heavy atom. The second kappa shape index (κ2) is 7.89. The summed E-state index contributed by atoms with van der Waals surface area (Å²) in [7, 11) is 0. The van der Waals surface area contributed by atoms with Gasteiger partial charge in [0.2, 0.25) is 11.8 Å². The van der Waals surface area contributed by atoms with E-state index in [0.29, 0.717) is 13.1 Å². The molecule has 1 saturated heterocycles. The summed E-state index contributed by atoms with van der Waals surface area (Å²) in [5.41, 5.74) is 1.67. The van der Waals surface area contributed by atoms with Crippen molar-refractivity contribution in [1.82, 2.24) is 10.3 Å². The number of aryl methyl sites for hydroxylation is 1. The molecule has 4 rings (SSSR count). The molecule has 3 heterocycles. The molecule has 2 aromatic heterocycles. The number of carbonyl (C=O) groups is 2. The van der Waals surface area contributed by atoms with Gasteiger partial charge < -0.3 is 14.6 Å². The third-order valence-corrected chi connectivity index (χ3v) is 6.33. The highest BCUT2D eigenvalue weighted by atomic mass is 79.9. The minimum absolute atomic E-state index is 0.0349. The van der Waals surface area contributed by atoms with E-state index in [-0.39, 0.29) is 24.2 Å². The van der Waals surface area contributed by atoms with Gasteiger partial charge in [-0.05, 0) is 37.3 Å². The van der Waals surface area contributed by atoms with Crippen LogP contribution >= 0.6 is 27.3 Å². The highest BCUT2D eigenvalue weighted by Crippen LogP contribution is 2.29. The normalized spacial score (nSPS) is 16.6. The summed E-state index contributed by atoms with van der Waals surface area (Å²) in [4.78, 5) is 32.2. The first-order chi connectivity index (χ1) is 13.5. The fourth-order valence-electron chi connectivity index (χ4n) is 3.19. The van der Waals surface area contributed by atoms with Crippen molar-refractivity contribution in [3.05, 3.63) is 57.7 Å². The molecular weight excluding hydrogens is 442 g/mol. The Bertz CT molecular complexity index is 1020. The topological polar surface area (TPSA) is 75.4 Å². The maximum Gasteiger partial charge on any atom is 0.227 e. The van der Waals surface area contributed by atoms with Gasteiger partial charge in [0.15, 0.2) is 10.8 Å².